The van der Waals surface area contributed by atoms with E-state index in [4.69, 9.17) is 0 Å². The van der Waals surface area contributed by atoms with Crippen LogP contribution in [0, 0.1) is 11.8 Å². The Balaban J connectivity index is 1.27. The van der Waals surface area contributed by atoms with E-state index in [1.807, 2.05) is 0 Å². The molecule has 1 aromatic heterocycles. The van der Waals surface area contributed by atoms with Gasteiger partial charge in [0.15, 0.2) is 5.82 Å². The number of hydrogen-bond acceptors (Lipinski definition) is 4. The lowest BCUT2D eigenvalue weighted by molar-refractivity contribution is -0.140. The molecule has 4 fully saturated rings. The van der Waals surface area contributed by atoms with Gasteiger partial charge in [0.05, 0.1) is 23.2 Å². The predicted octanol–water partition coefficient (Wildman–Crippen LogP) is 2.52. The molecule has 3 saturated carbocycles. The molecule has 2 aromatic rings. The number of amides is 2. The van der Waals surface area contributed by atoms with Gasteiger partial charge in [-0.1, -0.05) is 0 Å². The molecule has 3 aliphatic carbocycles. The summed E-state index contributed by atoms with van der Waals surface area (Å²) in [6.07, 6.45) is -1.57. The van der Waals surface area contributed by atoms with E-state index in [1.54, 1.807) is 18.0 Å². The second-order valence-electron chi connectivity index (χ2n) is 9.97. The summed E-state index contributed by atoms with van der Waals surface area (Å²) in [5.74, 6) is -0.0194. The highest BCUT2D eigenvalue weighted by molar-refractivity contribution is 5.98. The van der Waals surface area contributed by atoms with Gasteiger partial charge in [-0.3, -0.25) is 9.59 Å². The molecule has 6 rings (SSSR count). The summed E-state index contributed by atoms with van der Waals surface area (Å²) < 4.78 is 42.7. The highest BCUT2D eigenvalue weighted by atomic mass is 19.4. The van der Waals surface area contributed by atoms with E-state index >= 15 is 0 Å². The third-order valence-electron chi connectivity index (χ3n) is 7.85. The van der Waals surface area contributed by atoms with Crippen LogP contribution >= 0.6 is 0 Å². The van der Waals surface area contributed by atoms with Crippen LogP contribution in [0.3, 0.4) is 0 Å². The summed E-state index contributed by atoms with van der Waals surface area (Å²) in [5, 5.41) is 10.4. The number of alkyl halides is 3. The summed E-state index contributed by atoms with van der Waals surface area (Å²) in [6, 6.07) is 2.65. The molecule has 0 spiro atoms. The fourth-order valence-electron chi connectivity index (χ4n) is 5.73. The number of carbonyl (C=O) groups excluding carboxylic acids is 2. The zero-order valence-electron chi connectivity index (χ0n) is 18.2. The third-order valence-corrected chi connectivity index (χ3v) is 7.85. The Morgan fingerprint density at radius 2 is 1.94 bits per heavy atom. The third kappa shape index (κ3) is 3.33. The summed E-state index contributed by atoms with van der Waals surface area (Å²) in [4.78, 5) is 33.2. The lowest BCUT2D eigenvalue weighted by atomic mass is 10.0. The predicted molar refractivity (Wildman–Crippen MR) is 111 cm³/mol. The molecule has 1 saturated heterocycles. The van der Waals surface area contributed by atoms with Gasteiger partial charge in [-0.2, -0.15) is 13.2 Å². The number of imidazole rings is 1. The smallest absolute Gasteiger partial charge is 0.391 e. The molecule has 1 aliphatic heterocycles. The number of nitrogens with zero attached hydrogens (tertiary/aromatic N) is 4. The van der Waals surface area contributed by atoms with Crippen LogP contribution in [0.25, 0.3) is 11.0 Å². The highest BCUT2D eigenvalue weighted by Crippen LogP contribution is 2.53. The van der Waals surface area contributed by atoms with Crippen molar-refractivity contribution in [3.05, 3.63) is 29.1 Å². The summed E-state index contributed by atoms with van der Waals surface area (Å²) >= 11 is 0. The second-order valence-corrected chi connectivity index (χ2v) is 9.97. The van der Waals surface area contributed by atoms with Crippen LogP contribution in [0.2, 0.25) is 0 Å². The minimum absolute atomic E-state index is 0.105. The zero-order chi connectivity index (χ0) is 23.2. The zero-order valence-corrected chi connectivity index (χ0v) is 18.2. The first-order valence-electron chi connectivity index (χ1n) is 11.5. The van der Waals surface area contributed by atoms with E-state index in [0.29, 0.717) is 18.0 Å². The standard InChI is InChI=1S/C23H25F3N4O3/c1-28-16-8-12(11-2-3-11)7-15(23(24,25)26)19(16)27-21(28)22(33)29-4-5-30(18(31)10-29)17-9-13-6-14(13)20(17)32/h7-8,11,13-14,17,20,32H,2-6,9-10H2,1H3/t13-,14-,17-,20-/m1/s1. The van der Waals surface area contributed by atoms with Crippen molar-refractivity contribution >= 4 is 22.8 Å². The molecular weight excluding hydrogens is 437 g/mol. The normalized spacial score (nSPS) is 29.7. The molecule has 4 aliphatic rings. The minimum atomic E-state index is -4.58. The number of fused-ring (bicyclic) bond motifs is 2. The maximum Gasteiger partial charge on any atom is 0.418 e. The van der Waals surface area contributed by atoms with Gasteiger partial charge >= 0.3 is 6.18 Å². The van der Waals surface area contributed by atoms with Crippen molar-refractivity contribution in [1.29, 1.82) is 0 Å². The van der Waals surface area contributed by atoms with E-state index in [1.165, 1.54) is 9.47 Å². The summed E-state index contributed by atoms with van der Waals surface area (Å²) in [7, 11) is 1.54. The molecule has 0 unspecified atom stereocenters. The van der Waals surface area contributed by atoms with Gasteiger partial charge in [0.25, 0.3) is 5.91 Å². The number of carbonyl (C=O) groups is 2. The lowest BCUT2D eigenvalue weighted by Gasteiger charge is -2.39. The molecular formula is C23H25F3N4O3. The van der Waals surface area contributed by atoms with Gasteiger partial charge in [-0.15, -0.1) is 0 Å². The number of aryl methyl sites for hydroxylation is 1. The number of piperazine rings is 1. The maximum absolute atomic E-state index is 13.8. The molecule has 4 atom stereocenters. The van der Waals surface area contributed by atoms with Crippen molar-refractivity contribution in [2.75, 3.05) is 19.6 Å². The first-order valence-corrected chi connectivity index (χ1v) is 11.5. The van der Waals surface area contributed by atoms with Gasteiger partial charge < -0.3 is 19.5 Å². The Hall–Kier alpha value is -2.62. The molecule has 0 bridgehead atoms. The average Bonchev–Trinajstić information content (AvgIpc) is 3.68. The average molecular weight is 462 g/mol. The Morgan fingerprint density at radius 3 is 2.55 bits per heavy atom. The number of aliphatic hydroxyl groups is 1. The quantitative estimate of drug-likeness (QED) is 0.761. The van der Waals surface area contributed by atoms with Crippen LogP contribution < -0.4 is 0 Å². The molecule has 2 heterocycles. The van der Waals surface area contributed by atoms with E-state index < -0.39 is 23.8 Å². The molecule has 0 radical (unpaired) electrons. The molecule has 176 valence electrons. The summed E-state index contributed by atoms with van der Waals surface area (Å²) in [5.41, 5.74) is -0.177. The number of hydrogen-bond donors (Lipinski definition) is 1. The van der Waals surface area contributed by atoms with Gasteiger partial charge in [-0.05, 0) is 61.1 Å². The maximum atomic E-state index is 13.8. The van der Waals surface area contributed by atoms with Crippen LogP contribution in [0.5, 0.6) is 0 Å². The van der Waals surface area contributed by atoms with Gasteiger partial charge in [0.2, 0.25) is 5.91 Å². The molecule has 2 amide bonds. The number of aromatic nitrogens is 2. The molecule has 10 heteroatoms. The second kappa shape index (κ2) is 6.94. The molecule has 7 nitrogen and oxygen atoms in total. The SMILES string of the molecule is Cn1c(C(=O)N2CCN([C@@H]3C[C@H]4C[C@H]4[C@H]3O)C(=O)C2)nc2c(C(F)(F)F)cc(C3CC3)cc21. The van der Waals surface area contributed by atoms with Crippen molar-refractivity contribution in [2.45, 2.75) is 49.9 Å². The Labute approximate surface area is 188 Å². The van der Waals surface area contributed by atoms with Crippen molar-refractivity contribution in [3.8, 4) is 0 Å². The Morgan fingerprint density at radius 1 is 1.18 bits per heavy atom. The van der Waals surface area contributed by atoms with Crippen molar-refractivity contribution in [2.24, 2.45) is 18.9 Å². The number of aliphatic hydroxyl groups excluding tert-OH is 1. The highest BCUT2D eigenvalue weighted by Gasteiger charge is 2.55. The van der Waals surface area contributed by atoms with Crippen LogP contribution in [0.1, 0.15) is 53.3 Å². The number of benzene rings is 1. The lowest BCUT2D eigenvalue weighted by Crippen LogP contribution is -2.57. The first-order chi connectivity index (χ1) is 15.6. The Kier molecular flexibility index (Phi) is 4.41. The molecule has 1 aromatic carbocycles. The van der Waals surface area contributed by atoms with Gasteiger partial charge in [-0.25, -0.2) is 4.98 Å². The topological polar surface area (TPSA) is 78.7 Å². The van der Waals surface area contributed by atoms with Gasteiger partial charge in [0, 0.05) is 20.1 Å². The number of halogens is 3. The van der Waals surface area contributed by atoms with Crippen molar-refractivity contribution in [3.63, 3.8) is 0 Å². The fraction of sp³-hybridized carbons (Fsp3) is 0.609. The van der Waals surface area contributed by atoms with Crippen LogP contribution in [-0.4, -0.2) is 68.1 Å². The van der Waals surface area contributed by atoms with E-state index in [0.717, 1.165) is 31.7 Å². The Bertz CT molecular complexity index is 1170. The number of rotatable bonds is 3. The van der Waals surface area contributed by atoms with E-state index in [-0.39, 0.29) is 53.7 Å². The van der Waals surface area contributed by atoms with Crippen molar-refractivity contribution < 1.29 is 27.9 Å². The van der Waals surface area contributed by atoms with Crippen LogP contribution in [0.15, 0.2) is 12.1 Å². The van der Waals surface area contributed by atoms with E-state index in [9.17, 15) is 27.9 Å². The van der Waals surface area contributed by atoms with E-state index in [2.05, 4.69) is 4.98 Å². The van der Waals surface area contributed by atoms with Crippen molar-refractivity contribution in [1.82, 2.24) is 19.4 Å². The monoisotopic (exact) mass is 462 g/mol. The fourth-order valence-corrected chi connectivity index (χ4v) is 5.73. The first kappa shape index (κ1) is 20.9. The summed E-state index contributed by atoms with van der Waals surface area (Å²) in [6.45, 7) is 0.390. The molecule has 1 N–H and O–H groups in total. The van der Waals surface area contributed by atoms with Crippen LogP contribution in [0.4, 0.5) is 13.2 Å². The largest absolute Gasteiger partial charge is 0.418 e. The minimum Gasteiger partial charge on any atom is -0.391 e. The molecule has 33 heavy (non-hydrogen) atoms. The van der Waals surface area contributed by atoms with Gasteiger partial charge in [0.1, 0.15) is 12.1 Å². The van der Waals surface area contributed by atoms with Crippen LogP contribution in [-0.2, 0) is 18.0 Å².